The number of halogens is 1. The van der Waals surface area contributed by atoms with Crippen molar-refractivity contribution >= 4 is 34.7 Å². The van der Waals surface area contributed by atoms with Gasteiger partial charge in [0.15, 0.2) is 0 Å². The van der Waals surface area contributed by atoms with Gasteiger partial charge in [-0.25, -0.2) is 0 Å². The van der Waals surface area contributed by atoms with E-state index in [0.29, 0.717) is 0 Å². The van der Waals surface area contributed by atoms with E-state index in [0.717, 1.165) is 17.5 Å². The Hall–Kier alpha value is -0.380. The minimum Gasteiger partial charge on any atom is -0.253 e. The third-order valence-electron chi connectivity index (χ3n) is 2.26. The maximum Gasteiger partial charge on any atom is 0.0675 e. The van der Waals surface area contributed by atoms with Gasteiger partial charge in [-0.3, -0.25) is 4.98 Å². The quantitative estimate of drug-likeness (QED) is 0.520. The summed E-state index contributed by atoms with van der Waals surface area (Å²) >= 11 is 2.47. The maximum absolute atomic E-state index is 4.52. The Balaban J connectivity index is 2.72. The molecule has 0 fully saturated rings. The molecule has 1 aliphatic carbocycles. The number of nitrogens with zero attached hydrogens (tertiary/aromatic N) is 1. The van der Waals surface area contributed by atoms with Crippen molar-refractivity contribution in [3.63, 3.8) is 0 Å². The zero-order valence-electron chi connectivity index (χ0n) is 7.84. The van der Waals surface area contributed by atoms with Crippen molar-refractivity contribution in [1.29, 1.82) is 0 Å². The van der Waals surface area contributed by atoms with Gasteiger partial charge in [0.2, 0.25) is 0 Å². The van der Waals surface area contributed by atoms with Crippen LogP contribution in [-0.2, 0) is 0 Å². The minimum atomic E-state index is 0.242. The van der Waals surface area contributed by atoms with Gasteiger partial charge >= 0.3 is 0 Å². The Morgan fingerprint density at radius 2 is 2.23 bits per heavy atom. The van der Waals surface area contributed by atoms with Crippen LogP contribution in [0.25, 0.3) is 12.2 Å². The van der Waals surface area contributed by atoms with Gasteiger partial charge in [-0.1, -0.05) is 34.7 Å². The highest BCUT2D eigenvalue weighted by Gasteiger charge is 2.17. The molecule has 1 heterocycles. The van der Waals surface area contributed by atoms with Crippen LogP contribution in [0.1, 0.15) is 19.0 Å². The van der Waals surface area contributed by atoms with E-state index in [9.17, 15) is 0 Å². The molecule has 0 radical (unpaired) electrons. The summed E-state index contributed by atoms with van der Waals surface area (Å²) in [5.74, 6) is 0. The van der Waals surface area contributed by atoms with Gasteiger partial charge in [0.25, 0.3) is 0 Å². The van der Waals surface area contributed by atoms with Crippen LogP contribution >= 0.6 is 22.6 Å². The molecule has 0 saturated carbocycles. The molecule has 1 aromatic heterocycles. The van der Waals surface area contributed by atoms with Crippen LogP contribution in [0.4, 0.5) is 0 Å². The van der Waals surface area contributed by atoms with Crippen LogP contribution in [0.15, 0.2) is 12.1 Å². The van der Waals surface area contributed by atoms with Crippen LogP contribution < -0.4 is 10.6 Å². The van der Waals surface area contributed by atoms with Crippen molar-refractivity contribution in [2.45, 2.75) is 23.7 Å². The molecule has 0 N–H and O–H groups in total. The lowest BCUT2D eigenvalue weighted by Crippen LogP contribution is -2.35. The van der Waals surface area contributed by atoms with Crippen LogP contribution in [-0.4, -0.2) is 8.41 Å². The number of hydrogen-bond acceptors (Lipinski definition) is 1. The summed E-state index contributed by atoms with van der Waals surface area (Å²) in [6, 6.07) is 4.22. The van der Waals surface area contributed by atoms with Crippen molar-refractivity contribution in [3.8, 4) is 0 Å². The van der Waals surface area contributed by atoms with E-state index in [4.69, 9.17) is 0 Å². The molecule has 2 rings (SSSR count). The lowest BCUT2D eigenvalue weighted by Gasteiger charge is -2.18. The first-order chi connectivity index (χ1) is 6.07. The number of rotatable bonds is 0. The van der Waals surface area contributed by atoms with Crippen molar-refractivity contribution < 1.29 is 0 Å². The van der Waals surface area contributed by atoms with Crippen molar-refractivity contribution in [3.05, 3.63) is 28.4 Å². The predicted molar refractivity (Wildman–Crippen MR) is 64.2 cm³/mol. The topological polar surface area (TPSA) is 12.9 Å². The summed E-state index contributed by atoms with van der Waals surface area (Å²) in [5.41, 5.74) is 1.09. The Morgan fingerprint density at radius 1 is 1.46 bits per heavy atom. The lowest BCUT2D eigenvalue weighted by atomic mass is 10.0. The lowest BCUT2D eigenvalue weighted by molar-refractivity contribution is 0.889. The fraction of sp³-hybridized carbons (Fsp3) is 0.364. The van der Waals surface area contributed by atoms with E-state index in [2.05, 4.69) is 58.8 Å². The van der Waals surface area contributed by atoms with E-state index in [-0.39, 0.29) is 3.42 Å². The highest BCUT2D eigenvalue weighted by molar-refractivity contribution is 14.1. The van der Waals surface area contributed by atoms with E-state index < -0.39 is 0 Å². The van der Waals surface area contributed by atoms with Crippen LogP contribution in [0.5, 0.6) is 0 Å². The van der Waals surface area contributed by atoms with Gasteiger partial charge in [0.1, 0.15) is 0 Å². The van der Waals surface area contributed by atoms with Crippen molar-refractivity contribution in [2.75, 3.05) is 0 Å². The second kappa shape index (κ2) is 3.08. The Kier molecular flexibility index (Phi) is 2.18. The number of alkyl halides is 1. The summed E-state index contributed by atoms with van der Waals surface area (Å²) in [4.78, 5) is 4.52. The second-order valence-corrected chi connectivity index (χ2v) is 6.22. The van der Waals surface area contributed by atoms with E-state index in [1.54, 1.807) is 0 Å². The molecular weight excluding hydrogens is 273 g/mol. The molecular formula is C11H12IN. The summed E-state index contributed by atoms with van der Waals surface area (Å²) < 4.78 is 0.242. The number of aryl methyl sites for hydroxylation is 1. The summed E-state index contributed by atoms with van der Waals surface area (Å²) in [6.45, 7) is 4.27. The van der Waals surface area contributed by atoms with Gasteiger partial charge in [-0.05, 0) is 37.6 Å². The molecule has 1 atom stereocenters. The Bertz CT molecular complexity index is 446. The van der Waals surface area contributed by atoms with Crippen molar-refractivity contribution in [2.24, 2.45) is 0 Å². The fourth-order valence-corrected chi connectivity index (χ4v) is 2.04. The summed E-state index contributed by atoms with van der Waals surface area (Å²) in [7, 11) is 0. The zero-order valence-corrected chi connectivity index (χ0v) is 10.00. The van der Waals surface area contributed by atoms with Crippen LogP contribution in [0.2, 0.25) is 0 Å². The molecule has 0 spiro atoms. The molecule has 68 valence electrons. The maximum atomic E-state index is 4.52. The van der Waals surface area contributed by atoms with Gasteiger partial charge in [-0.15, -0.1) is 0 Å². The molecule has 1 aliphatic rings. The normalized spacial score (nSPS) is 25.8. The van der Waals surface area contributed by atoms with Crippen LogP contribution in [0.3, 0.4) is 0 Å². The molecule has 1 nitrogen and oxygen atoms in total. The average Bonchev–Trinajstić information content (AvgIpc) is 2.01. The average molecular weight is 285 g/mol. The first-order valence-electron chi connectivity index (χ1n) is 4.42. The van der Waals surface area contributed by atoms with E-state index in [1.807, 2.05) is 6.92 Å². The smallest absolute Gasteiger partial charge is 0.0675 e. The standard InChI is InChI=1S/C11H12IN/c1-8-3-4-9-5-6-11(2,12)7-10(9)13-8/h3-5,7H,6H2,1-2H3/t11-/m0/s1. The molecule has 1 aromatic rings. The van der Waals surface area contributed by atoms with Gasteiger partial charge in [-0.2, -0.15) is 0 Å². The third kappa shape index (κ3) is 1.93. The zero-order chi connectivity index (χ0) is 9.47. The second-order valence-electron chi connectivity index (χ2n) is 3.76. The Morgan fingerprint density at radius 3 is 3.00 bits per heavy atom. The van der Waals surface area contributed by atoms with Crippen molar-refractivity contribution in [1.82, 2.24) is 4.98 Å². The first-order valence-corrected chi connectivity index (χ1v) is 5.50. The first kappa shape index (κ1) is 9.19. The molecule has 0 bridgehead atoms. The highest BCUT2D eigenvalue weighted by atomic mass is 127. The molecule has 0 saturated heterocycles. The SMILES string of the molecule is Cc1ccc2c(n1)=C[C@@](C)(I)CC=2. The fourth-order valence-electron chi connectivity index (χ4n) is 1.53. The van der Waals surface area contributed by atoms with Gasteiger partial charge < -0.3 is 0 Å². The Labute approximate surface area is 91.7 Å². The molecule has 0 amide bonds. The molecule has 0 unspecified atom stereocenters. The van der Waals surface area contributed by atoms with Crippen LogP contribution in [0, 0.1) is 6.92 Å². The molecule has 13 heavy (non-hydrogen) atoms. The van der Waals surface area contributed by atoms with Gasteiger partial charge in [0, 0.05) is 9.12 Å². The number of pyridine rings is 1. The largest absolute Gasteiger partial charge is 0.253 e. The molecule has 0 aromatic carbocycles. The number of fused-ring (bicyclic) bond motifs is 1. The predicted octanol–water partition coefficient (Wildman–Crippen LogP) is 1.55. The number of aromatic nitrogens is 1. The summed E-state index contributed by atoms with van der Waals surface area (Å²) in [5, 5.41) is 2.42. The molecule has 2 heteroatoms. The summed E-state index contributed by atoms with van der Waals surface area (Å²) in [6.07, 6.45) is 5.63. The third-order valence-corrected chi connectivity index (χ3v) is 3.01. The van der Waals surface area contributed by atoms with E-state index in [1.165, 1.54) is 5.22 Å². The van der Waals surface area contributed by atoms with E-state index >= 15 is 0 Å². The monoisotopic (exact) mass is 285 g/mol. The van der Waals surface area contributed by atoms with Gasteiger partial charge in [0.05, 0.1) is 5.35 Å². The minimum absolute atomic E-state index is 0.242. The molecule has 0 aliphatic heterocycles. The highest BCUT2D eigenvalue weighted by Crippen LogP contribution is 2.25. The number of hydrogen-bond donors (Lipinski definition) is 0.